The highest BCUT2D eigenvalue weighted by atomic mass is 32.2. The van der Waals surface area contributed by atoms with E-state index in [-0.39, 0.29) is 18.8 Å². The van der Waals surface area contributed by atoms with Crippen LogP contribution in [-0.2, 0) is 28.0 Å². The van der Waals surface area contributed by atoms with Crippen LogP contribution in [0.1, 0.15) is 27.7 Å². The van der Waals surface area contributed by atoms with Gasteiger partial charge in [-0.05, 0) is 33.8 Å². The van der Waals surface area contributed by atoms with Crippen molar-refractivity contribution in [2.24, 2.45) is 0 Å². The molecule has 146 valence electrons. The van der Waals surface area contributed by atoms with E-state index in [1.807, 2.05) is 0 Å². The summed E-state index contributed by atoms with van der Waals surface area (Å²) >= 11 is 0. The number of fused-ring (bicyclic) bond motifs is 1. The quantitative estimate of drug-likeness (QED) is 0.284. The Morgan fingerprint density at radius 2 is 1.88 bits per heavy atom. The third kappa shape index (κ3) is 3.45. The molecule has 2 rings (SSSR count). The van der Waals surface area contributed by atoms with Gasteiger partial charge in [-0.2, -0.15) is 10.5 Å². The van der Waals surface area contributed by atoms with Crippen molar-refractivity contribution in [3.63, 3.8) is 0 Å². The van der Waals surface area contributed by atoms with Gasteiger partial charge in [0.05, 0.1) is 18.8 Å². The number of carboxylic acid groups (broad SMARTS) is 1. The molecule has 0 aliphatic carbocycles. The first-order valence-electron chi connectivity index (χ1n) is 8.21. The molecule has 0 aromatic rings. The first-order valence-corrected chi connectivity index (χ1v) is 11.4. The molecule has 26 heavy (non-hydrogen) atoms. The molecular formula is C16H24NO7PS. The van der Waals surface area contributed by atoms with Crippen LogP contribution in [-0.4, -0.2) is 69.1 Å². The van der Waals surface area contributed by atoms with E-state index in [1.54, 1.807) is 27.7 Å². The second-order valence-corrected chi connectivity index (χ2v) is 10.9. The fourth-order valence-electron chi connectivity index (χ4n) is 3.24. The average Bonchev–Trinajstić information content (AvgIpc) is 2.70. The maximum atomic E-state index is 12.5. The summed E-state index contributed by atoms with van der Waals surface area (Å²) in [6, 6.07) is -0.981. The third-order valence-corrected chi connectivity index (χ3v) is 9.03. The van der Waals surface area contributed by atoms with Crippen LogP contribution >= 0.6 is 18.1 Å². The van der Waals surface area contributed by atoms with Gasteiger partial charge < -0.3 is 19.1 Å². The Balaban J connectivity index is 2.24. The van der Waals surface area contributed by atoms with Gasteiger partial charge >= 0.3 is 13.6 Å². The zero-order chi connectivity index (χ0) is 19.9. The predicted octanol–water partition coefficient (Wildman–Crippen LogP) is 1.86. The fraction of sp³-hybridized carbons (Fsp3) is 0.625. The van der Waals surface area contributed by atoms with Gasteiger partial charge in [-0.1, -0.05) is 5.87 Å². The molecule has 2 aliphatic rings. The zero-order valence-electron chi connectivity index (χ0n) is 15.3. The summed E-state index contributed by atoms with van der Waals surface area (Å²) in [5.74, 6) is 1.91. The highest BCUT2D eigenvalue weighted by molar-refractivity contribution is 8.16. The minimum absolute atomic E-state index is 0.132. The topological polar surface area (TPSA) is 110 Å². The van der Waals surface area contributed by atoms with Gasteiger partial charge in [0.2, 0.25) is 0 Å². The number of hydrogen-bond acceptors (Lipinski definition) is 6. The molecule has 8 nitrogen and oxygen atoms in total. The molecule has 2 fully saturated rings. The maximum Gasteiger partial charge on any atom is 0.338 e. The van der Waals surface area contributed by atoms with Crippen molar-refractivity contribution in [3.05, 3.63) is 11.6 Å². The molecule has 0 aromatic carbocycles. The Labute approximate surface area is 155 Å². The van der Waals surface area contributed by atoms with Crippen molar-refractivity contribution in [1.29, 1.82) is 0 Å². The molecule has 0 saturated carbocycles. The molecule has 0 radical (unpaired) electrons. The fourth-order valence-corrected chi connectivity index (χ4v) is 6.80. The lowest BCUT2D eigenvalue weighted by atomic mass is 9.95. The standard InChI is InChI=1S/C16H24NO7PS/c1-6-23-25(22,24-7-2)9-10(18)8-11-13(19)17-12(15(20)21)16(3,4)26(5)14(11)17/h8,12,14H,5-7,9H2,1-4H3,(H,20,21)/t12-,14+,26?/m0/s1. The molecule has 0 aromatic heterocycles. The molecular weight excluding hydrogens is 381 g/mol. The molecule has 1 unspecified atom stereocenters. The lowest BCUT2D eigenvalue weighted by molar-refractivity contribution is -0.152. The van der Waals surface area contributed by atoms with Gasteiger partial charge in [0.15, 0.2) is 5.78 Å². The number of rotatable bonds is 8. The van der Waals surface area contributed by atoms with Crippen LogP contribution in [0.25, 0.3) is 0 Å². The highest BCUT2D eigenvalue weighted by Crippen LogP contribution is 2.56. The van der Waals surface area contributed by atoms with E-state index in [2.05, 4.69) is 5.87 Å². The van der Waals surface area contributed by atoms with E-state index in [0.29, 0.717) is 0 Å². The minimum Gasteiger partial charge on any atom is -0.480 e. The SMILES string of the molecule is C=S1[C@@H]2C(=CC(=O)CP(=O)(OCC)OCC)C(=O)N2[C@@H](C(=O)O)C1(C)C. The molecule has 1 amide bonds. The summed E-state index contributed by atoms with van der Waals surface area (Å²) in [6.45, 7) is 7.06. The monoisotopic (exact) mass is 405 g/mol. The lowest BCUT2D eigenvalue weighted by Crippen LogP contribution is -2.58. The first-order chi connectivity index (χ1) is 12.0. The molecule has 10 heteroatoms. The van der Waals surface area contributed by atoms with E-state index in [4.69, 9.17) is 9.05 Å². The number of carboxylic acids is 1. The lowest BCUT2D eigenvalue weighted by Gasteiger charge is -2.39. The second-order valence-electron chi connectivity index (χ2n) is 6.51. The summed E-state index contributed by atoms with van der Waals surface area (Å²) in [5.41, 5.74) is 0.213. The highest BCUT2D eigenvalue weighted by Gasteiger charge is 2.62. The minimum atomic E-state index is -3.56. The van der Waals surface area contributed by atoms with Crippen molar-refractivity contribution < 1.29 is 33.1 Å². The average molecular weight is 405 g/mol. The molecule has 3 atom stereocenters. The smallest absolute Gasteiger partial charge is 0.338 e. The van der Waals surface area contributed by atoms with Gasteiger partial charge in [0.25, 0.3) is 5.91 Å². The number of hydrogen-bond donors (Lipinski definition) is 1. The number of carbonyl (C=O) groups excluding carboxylic acids is 2. The van der Waals surface area contributed by atoms with Gasteiger partial charge in [-0.15, -0.1) is 0 Å². The van der Waals surface area contributed by atoms with Gasteiger partial charge in [-0.25, -0.2) is 4.79 Å². The van der Waals surface area contributed by atoms with Gasteiger partial charge in [0.1, 0.15) is 17.6 Å². The van der Waals surface area contributed by atoms with Crippen LogP contribution in [0.15, 0.2) is 11.6 Å². The Kier molecular flexibility index (Phi) is 5.97. The van der Waals surface area contributed by atoms with E-state index in [0.717, 1.165) is 6.08 Å². The number of nitrogens with zero attached hydrogens (tertiary/aromatic N) is 1. The Morgan fingerprint density at radius 3 is 2.35 bits per heavy atom. The summed E-state index contributed by atoms with van der Waals surface area (Å²) in [4.78, 5) is 37.6. The van der Waals surface area contributed by atoms with Crippen molar-refractivity contribution >= 4 is 41.6 Å². The van der Waals surface area contributed by atoms with E-state index < -0.39 is 58.1 Å². The van der Waals surface area contributed by atoms with Gasteiger partial charge in [0, 0.05) is 4.75 Å². The summed E-state index contributed by atoms with van der Waals surface area (Å²) < 4.78 is 21.9. The summed E-state index contributed by atoms with van der Waals surface area (Å²) in [6.07, 6.45) is 0.675. The Bertz CT molecular complexity index is 735. The van der Waals surface area contributed by atoms with E-state index in [9.17, 15) is 24.1 Å². The molecule has 0 bridgehead atoms. The largest absolute Gasteiger partial charge is 0.480 e. The number of allylic oxidation sites excluding steroid dienone is 1. The van der Waals surface area contributed by atoms with Gasteiger partial charge in [-0.3, -0.25) is 14.2 Å². The number of aliphatic carboxylic acids is 1. The number of carbonyl (C=O) groups is 3. The first kappa shape index (κ1) is 21.0. The summed E-state index contributed by atoms with van der Waals surface area (Å²) in [5, 5.41) is 8.96. The molecule has 2 aliphatic heterocycles. The van der Waals surface area contributed by atoms with Crippen LogP contribution in [0.4, 0.5) is 0 Å². The molecule has 2 saturated heterocycles. The van der Waals surface area contributed by atoms with Crippen LogP contribution in [0.5, 0.6) is 0 Å². The second kappa shape index (κ2) is 7.38. The van der Waals surface area contributed by atoms with Crippen molar-refractivity contribution in [2.75, 3.05) is 19.4 Å². The van der Waals surface area contributed by atoms with E-state index >= 15 is 0 Å². The third-order valence-electron chi connectivity index (χ3n) is 4.43. The number of β-lactam (4-membered cyclic amide) rings is 1. The predicted molar refractivity (Wildman–Crippen MR) is 99.7 cm³/mol. The molecule has 1 N–H and O–H groups in total. The maximum absolute atomic E-state index is 12.5. The Hall–Kier alpha value is -1.28. The van der Waals surface area contributed by atoms with Crippen molar-refractivity contribution in [2.45, 2.75) is 43.9 Å². The molecule has 2 heterocycles. The molecule has 0 spiro atoms. The van der Waals surface area contributed by atoms with Crippen LogP contribution in [0.3, 0.4) is 0 Å². The summed E-state index contributed by atoms with van der Waals surface area (Å²) in [7, 11) is -4.26. The normalized spacial score (nSPS) is 28.8. The van der Waals surface area contributed by atoms with Crippen LogP contribution in [0, 0.1) is 0 Å². The van der Waals surface area contributed by atoms with E-state index in [1.165, 1.54) is 4.90 Å². The number of ketones is 1. The Morgan fingerprint density at radius 1 is 1.35 bits per heavy atom. The van der Waals surface area contributed by atoms with Crippen molar-refractivity contribution in [1.82, 2.24) is 4.90 Å². The van der Waals surface area contributed by atoms with Crippen LogP contribution < -0.4 is 0 Å². The number of amides is 1. The van der Waals surface area contributed by atoms with Crippen molar-refractivity contribution in [3.8, 4) is 0 Å². The zero-order valence-corrected chi connectivity index (χ0v) is 17.0. The van der Waals surface area contributed by atoms with Crippen LogP contribution in [0.2, 0.25) is 0 Å².